The van der Waals surface area contributed by atoms with Gasteiger partial charge in [0.1, 0.15) is 17.5 Å². The zero-order valence-corrected chi connectivity index (χ0v) is 19.7. The second-order valence-electron chi connectivity index (χ2n) is 7.48. The first-order valence-corrected chi connectivity index (χ1v) is 10.7. The molecule has 0 aromatic heterocycles. The number of anilines is 2. The van der Waals surface area contributed by atoms with Crippen molar-refractivity contribution in [3.8, 4) is 5.75 Å². The molecular formula is C24H24N4O5S. The van der Waals surface area contributed by atoms with Crippen LogP contribution >= 0.6 is 12.8 Å². The Morgan fingerprint density at radius 2 is 1.65 bits per heavy atom. The van der Waals surface area contributed by atoms with E-state index in [9.17, 15) is 19.7 Å². The first-order chi connectivity index (χ1) is 16.2. The standard InChI is InChI=1S/C24H24N4O5S/c1-15-8-7-9-16(2)21(15)26-23(29)22(17-10-5-4-6-11-17)27(34)24(30)25-19-13-12-18(33-3)14-20(19)28(31)32/h4-14,22,34H,1-3H3,(H,25,30)(H,26,29). The number of ether oxygens (including phenoxy) is 1. The van der Waals surface area contributed by atoms with Gasteiger partial charge in [0.25, 0.3) is 11.6 Å². The summed E-state index contributed by atoms with van der Waals surface area (Å²) in [5.41, 5.74) is 2.47. The van der Waals surface area contributed by atoms with Gasteiger partial charge >= 0.3 is 6.03 Å². The second kappa shape index (κ2) is 10.7. The lowest BCUT2D eigenvalue weighted by atomic mass is 10.0. The highest BCUT2D eigenvalue weighted by Gasteiger charge is 2.31. The second-order valence-corrected chi connectivity index (χ2v) is 7.92. The predicted octanol–water partition coefficient (Wildman–Crippen LogP) is 5.28. The van der Waals surface area contributed by atoms with Crippen molar-refractivity contribution < 1.29 is 19.2 Å². The molecule has 0 radical (unpaired) electrons. The molecule has 1 unspecified atom stereocenters. The summed E-state index contributed by atoms with van der Waals surface area (Å²) >= 11 is 4.31. The van der Waals surface area contributed by atoms with Crippen LogP contribution in [0.1, 0.15) is 22.7 Å². The van der Waals surface area contributed by atoms with Crippen LogP contribution in [0.3, 0.4) is 0 Å². The van der Waals surface area contributed by atoms with Gasteiger partial charge in [0, 0.05) is 5.69 Å². The molecule has 9 nitrogen and oxygen atoms in total. The Labute approximate surface area is 202 Å². The van der Waals surface area contributed by atoms with Crippen LogP contribution in [0.15, 0.2) is 66.7 Å². The number of benzene rings is 3. The van der Waals surface area contributed by atoms with Gasteiger partial charge < -0.3 is 15.4 Å². The van der Waals surface area contributed by atoms with Crippen LogP contribution in [0.5, 0.6) is 5.75 Å². The molecule has 10 heteroatoms. The number of amides is 3. The van der Waals surface area contributed by atoms with E-state index in [-0.39, 0.29) is 17.1 Å². The topological polar surface area (TPSA) is 114 Å². The molecule has 0 aliphatic carbocycles. The summed E-state index contributed by atoms with van der Waals surface area (Å²) in [5, 5.41) is 16.8. The molecule has 1 atom stereocenters. The molecule has 0 fully saturated rings. The Kier molecular flexibility index (Phi) is 7.75. The van der Waals surface area contributed by atoms with Gasteiger partial charge in [0.05, 0.1) is 18.1 Å². The highest BCUT2D eigenvalue weighted by atomic mass is 32.1. The maximum absolute atomic E-state index is 13.4. The summed E-state index contributed by atoms with van der Waals surface area (Å²) in [6.45, 7) is 3.74. The minimum absolute atomic E-state index is 0.0585. The molecule has 0 saturated heterocycles. The Morgan fingerprint density at radius 1 is 1.00 bits per heavy atom. The smallest absolute Gasteiger partial charge is 0.332 e. The normalized spacial score (nSPS) is 11.3. The number of rotatable bonds is 7. The largest absolute Gasteiger partial charge is 0.496 e. The Hall–Kier alpha value is -4.05. The van der Waals surface area contributed by atoms with E-state index in [0.717, 1.165) is 15.4 Å². The van der Waals surface area contributed by atoms with Gasteiger partial charge in [-0.1, -0.05) is 61.3 Å². The SMILES string of the molecule is COc1ccc(NC(=O)N(S)C(C(=O)Nc2c(C)cccc2C)c2ccccc2)c([N+](=O)[O-])c1. The van der Waals surface area contributed by atoms with E-state index < -0.39 is 22.9 Å². The summed E-state index contributed by atoms with van der Waals surface area (Å²) in [6, 6.07) is 16.4. The number of nitrogens with one attached hydrogen (secondary N) is 2. The van der Waals surface area contributed by atoms with Crippen LogP contribution in [0.25, 0.3) is 0 Å². The summed E-state index contributed by atoms with van der Waals surface area (Å²) in [4.78, 5) is 37.3. The van der Waals surface area contributed by atoms with E-state index in [2.05, 4.69) is 23.4 Å². The highest BCUT2D eigenvalue weighted by molar-refractivity contribution is 7.78. The molecule has 0 heterocycles. The summed E-state index contributed by atoms with van der Waals surface area (Å²) in [7, 11) is 1.38. The molecule has 176 valence electrons. The fraction of sp³-hybridized carbons (Fsp3) is 0.167. The Bertz CT molecular complexity index is 1200. The Balaban J connectivity index is 1.92. The third-order valence-electron chi connectivity index (χ3n) is 5.19. The zero-order chi connectivity index (χ0) is 24.8. The minimum Gasteiger partial charge on any atom is -0.496 e. The number of methoxy groups -OCH3 is 1. The van der Waals surface area contributed by atoms with Crippen LogP contribution in [0.2, 0.25) is 0 Å². The van der Waals surface area contributed by atoms with Crippen molar-refractivity contribution in [1.29, 1.82) is 0 Å². The summed E-state index contributed by atoms with van der Waals surface area (Å²) in [6.07, 6.45) is 0. The van der Waals surface area contributed by atoms with Crippen molar-refractivity contribution in [3.63, 3.8) is 0 Å². The monoisotopic (exact) mass is 480 g/mol. The van der Waals surface area contributed by atoms with Crippen molar-refractivity contribution in [2.45, 2.75) is 19.9 Å². The molecule has 0 saturated carbocycles. The number of nitro groups is 1. The van der Waals surface area contributed by atoms with Crippen molar-refractivity contribution in [2.75, 3.05) is 17.7 Å². The molecule has 3 amide bonds. The number of nitro benzene ring substituents is 1. The lowest BCUT2D eigenvalue weighted by molar-refractivity contribution is -0.384. The van der Waals surface area contributed by atoms with E-state index in [4.69, 9.17) is 4.74 Å². The van der Waals surface area contributed by atoms with Gasteiger partial charge in [-0.2, -0.15) is 0 Å². The number of aryl methyl sites for hydroxylation is 2. The van der Waals surface area contributed by atoms with Crippen LogP contribution < -0.4 is 15.4 Å². The minimum atomic E-state index is -1.12. The van der Waals surface area contributed by atoms with Crippen LogP contribution in [-0.4, -0.2) is 28.3 Å². The average Bonchev–Trinajstić information content (AvgIpc) is 2.82. The van der Waals surface area contributed by atoms with Crippen LogP contribution in [-0.2, 0) is 4.79 Å². The van der Waals surface area contributed by atoms with E-state index in [0.29, 0.717) is 11.3 Å². The number of para-hydroxylation sites is 1. The third kappa shape index (κ3) is 5.46. The molecule has 34 heavy (non-hydrogen) atoms. The number of hydrogen-bond donors (Lipinski definition) is 3. The van der Waals surface area contributed by atoms with Crippen LogP contribution in [0, 0.1) is 24.0 Å². The summed E-state index contributed by atoms with van der Waals surface area (Å²) in [5.74, 6) is -0.222. The quantitative estimate of drug-likeness (QED) is 0.242. The van der Waals surface area contributed by atoms with Crippen LogP contribution in [0.4, 0.5) is 21.9 Å². The maximum Gasteiger partial charge on any atom is 0.332 e. The van der Waals surface area contributed by atoms with Gasteiger partial charge in [0.15, 0.2) is 0 Å². The molecule has 0 aliphatic rings. The predicted molar refractivity (Wildman–Crippen MR) is 133 cm³/mol. The molecule has 3 rings (SSSR count). The van der Waals surface area contributed by atoms with E-state index >= 15 is 0 Å². The van der Waals surface area contributed by atoms with E-state index in [1.165, 1.54) is 25.3 Å². The average molecular weight is 481 g/mol. The van der Waals surface area contributed by atoms with E-state index in [1.807, 2.05) is 32.0 Å². The van der Waals surface area contributed by atoms with Crippen molar-refractivity contribution in [3.05, 3.63) is 93.5 Å². The molecule has 3 aromatic rings. The number of carbonyl (C=O) groups is 2. The lowest BCUT2D eigenvalue weighted by Crippen LogP contribution is -2.38. The number of urea groups is 1. The number of carbonyl (C=O) groups excluding carboxylic acids is 2. The fourth-order valence-electron chi connectivity index (χ4n) is 3.43. The Morgan fingerprint density at radius 3 is 2.24 bits per heavy atom. The number of hydrogen-bond acceptors (Lipinski definition) is 6. The molecule has 2 N–H and O–H groups in total. The molecule has 3 aromatic carbocycles. The first kappa shape index (κ1) is 24.6. The molecule has 0 bridgehead atoms. The highest BCUT2D eigenvalue weighted by Crippen LogP contribution is 2.31. The fourth-order valence-corrected chi connectivity index (χ4v) is 3.72. The maximum atomic E-state index is 13.4. The van der Waals surface area contributed by atoms with Crippen molar-refractivity contribution in [2.24, 2.45) is 0 Å². The lowest BCUT2D eigenvalue weighted by Gasteiger charge is -2.27. The molecule has 0 aliphatic heterocycles. The zero-order valence-electron chi connectivity index (χ0n) is 18.8. The van der Waals surface area contributed by atoms with Gasteiger partial charge in [-0.25, -0.2) is 4.79 Å². The van der Waals surface area contributed by atoms with Gasteiger partial charge in [-0.3, -0.25) is 19.2 Å². The van der Waals surface area contributed by atoms with Gasteiger partial charge in [-0.15, -0.1) is 0 Å². The number of nitrogens with zero attached hydrogens (tertiary/aromatic N) is 2. The van der Waals surface area contributed by atoms with Crippen molar-refractivity contribution >= 4 is 41.8 Å². The molecule has 0 spiro atoms. The molecular weight excluding hydrogens is 456 g/mol. The summed E-state index contributed by atoms with van der Waals surface area (Å²) < 4.78 is 5.93. The van der Waals surface area contributed by atoms with Gasteiger partial charge in [0.2, 0.25) is 0 Å². The number of thiol groups is 1. The first-order valence-electron chi connectivity index (χ1n) is 10.3. The third-order valence-corrected chi connectivity index (χ3v) is 5.60. The van der Waals surface area contributed by atoms with Crippen molar-refractivity contribution in [1.82, 2.24) is 4.31 Å². The van der Waals surface area contributed by atoms with Gasteiger partial charge in [-0.05, 0) is 42.7 Å². The van der Waals surface area contributed by atoms with E-state index in [1.54, 1.807) is 30.3 Å².